The van der Waals surface area contributed by atoms with Crippen molar-refractivity contribution in [3.05, 3.63) is 35.9 Å². The molecule has 0 unspecified atom stereocenters. The van der Waals surface area contributed by atoms with Gasteiger partial charge in [-0.25, -0.2) is 8.42 Å². The molecule has 0 saturated heterocycles. The average Bonchev–Trinajstić information content (AvgIpc) is 2.76. The van der Waals surface area contributed by atoms with E-state index in [1.54, 1.807) is 30.3 Å². The Morgan fingerprint density at radius 3 is 2.24 bits per heavy atom. The lowest BCUT2D eigenvalue weighted by molar-refractivity contribution is -0.131. The van der Waals surface area contributed by atoms with Crippen molar-refractivity contribution in [1.29, 1.82) is 0 Å². The molecule has 0 aromatic heterocycles. The summed E-state index contributed by atoms with van der Waals surface area (Å²) in [6, 6.07) is 6.48. The summed E-state index contributed by atoms with van der Waals surface area (Å²) in [5.74, 6) is 0.603. The second-order valence-corrected chi connectivity index (χ2v) is 7.84. The number of carbonyl (C=O) groups is 1. The van der Waals surface area contributed by atoms with Crippen LogP contribution in [0.4, 0.5) is 0 Å². The Bertz CT molecular complexity index is 692. The van der Waals surface area contributed by atoms with E-state index in [0.29, 0.717) is 5.76 Å². The second-order valence-electron chi connectivity index (χ2n) is 5.83. The largest absolute Gasteiger partial charge is 0.478 e. The first-order chi connectivity index (χ1) is 9.91. The highest BCUT2D eigenvalue weighted by molar-refractivity contribution is 7.90. The Balaban J connectivity index is 1.85. The molecule has 1 fully saturated rings. The predicted molar refractivity (Wildman–Crippen MR) is 79.4 cm³/mol. The maximum absolute atomic E-state index is 12.3. The van der Waals surface area contributed by atoms with Crippen LogP contribution < -0.4 is 0 Å². The highest BCUT2D eigenvalue weighted by Crippen LogP contribution is 2.41. The first-order valence-corrected chi connectivity index (χ1v) is 9.06. The molecule has 1 saturated carbocycles. The van der Waals surface area contributed by atoms with Gasteiger partial charge in [0.15, 0.2) is 15.4 Å². The van der Waals surface area contributed by atoms with Gasteiger partial charge < -0.3 is 4.74 Å². The fourth-order valence-electron chi connectivity index (χ4n) is 3.02. The fourth-order valence-corrected chi connectivity index (χ4v) is 3.65. The molecule has 112 valence electrons. The minimum Gasteiger partial charge on any atom is -0.478 e. The third-order valence-corrected chi connectivity index (χ3v) is 5.37. The summed E-state index contributed by atoms with van der Waals surface area (Å²) >= 11 is 0. The normalized spacial score (nSPS) is 21.2. The highest BCUT2D eigenvalue weighted by atomic mass is 32.2. The van der Waals surface area contributed by atoms with Gasteiger partial charge in [-0.15, -0.1) is 0 Å². The van der Waals surface area contributed by atoms with Crippen LogP contribution >= 0.6 is 0 Å². The number of carbonyl (C=O) groups excluding carboxylic acids is 1. The molecule has 5 heteroatoms. The van der Waals surface area contributed by atoms with E-state index in [0.717, 1.165) is 37.7 Å². The zero-order chi connectivity index (χ0) is 15.1. The van der Waals surface area contributed by atoms with Crippen LogP contribution in [0.25, 0.3) is 5.76 Å². The molecule has 0 radical (unpaired) electrons. The predicted octanol–water partition coefficient (Wildman–Crippen LogP) is 2.73. The van der Waals surface area contributed by atoms with Crippen molar-refractivity contribution in [2.45, 2.75) is 42.6 Å². The highest BCUT2D eigenvalue weighted by Gasteiger charge is 2.45. The number of hydrogen-bond acceptors (Lipinski definition) is 4. The van der Waals surface area contributed by atoms with Crippen LogP contribution in [0.1, 0.15) is 37.7 Å². The van der Waals surface area contributed by atoms with Crippen molar-refractivity contribution in [1.82, 2.24) is 0 Å². The van der Waals surface area contributed by atoms with Crippen molar-refractivity contribution in [3.8, 4) is 0 Å². The van der Waals surface area contributed by atoms with E-state index in [4.69, 9.17) is 4.74 Å². The minimum absolute atomic E-state index is 0.0457. The maximum Gasteiger partial charge on any atom is 0.202 e. The molecule has 1 aromatic carbocycles. The maximum atomic E-state index is 12.3. The molecule has 1 heterocycles. The van der Waals surface area contributed by atoms with Gasteiger partial charge in [-0.05, 0) is 49.9 Å². The molecule has 0 bridgehead atoms. The molecule has 1 aliphatic heterocycles. The molecule has 0 amide bonds. The van der Waals surface area contributed by atoms with Crippen LogP contribution in [0.15, 0.2) is 35.2 Å². The number of ether oxygens (including phenoxy) is 1. The summed E-state index contributed by atoms with van der Waals surface area (Å²) in [6.07, 6.45) is 7.45. The van der Waals surface area contributed by atoms with Crippen LogP contribution in [0.5, 0.6) is 0 Å². The average molecular weight is 306 g/mol. The lowest BCUT2D eigenvalue weighted by Crippen LogP contribution is -2.38. The van der Waals surface area contributed by atoms with Crippen molar-refractivity contribution in [2.75, 3.05) is 6.26 Å². The van der Waals surface area contributed by atoms with E-state index in [1.807, 2.05) is 0 Å². The summed E-state index contributed by atoms with van der Waals surface area (Å²) < 4.78 is 28.9. The van der Waals surface area contributed by atoms with Gasteiger partial charge in [0.1, 0.15) is 5.76 Å². The fraction of sp³-hybridized carbons (Fsp3) is 0.438. The third kappa shape index (κ3) is 2.62. The van der Waals surface area contributed by atoms with Gasteiger partial charge in [-0.1, -0.05) is 6.42 Å². The van der Waals surface area contributed by atoms with E-state index < -0.39 is 15.4 Å². The molecule has 1 aromatic rings. The Labute approximate surface area is 124 Å². The van der Waals surface area contributed by atoms with Gasteiger partial charge >= 0.3 is 0 Å². The first kappa shape index (κ1) is 14.3. The quantitative estimate of drug-likeness (QED) is 0.843. The summed E-state index contributed by atoms with van der Waals surface area (Å²) in [6.45, 7) is 0. The summed E-state index contributed by atoms with van der Waals surface area (Å²) in [5.41, 5.74) is 0.0847. The van der Waals surface area contributed by atoms with Gasteiger partial charge in [0, 0.05) is 17.9 Å². The Hall–Kier alpha value is -1.62. The number of rotatable bonds is 2. The van der Waals surface area contributed by atoms with Crippen LogP contribution in [0.3, 0.4) is 0 Å². The van der Waals surface area contributed by atoms with Gasteiger partial charge in [0.25, 0.3) is 0 Å². The summed E-state index contributed by atoms with van der Waals surface area (Å²) in [4.78, 5) is 12.5. The smallest absolute Gasteiger partial charge is 0.202 e. The van der Waals surface area contributed by atoms with Crippen LogP contribution in [-0.4, -0.2) is 26.1 Å². The molecule has 3 rings (SSSR count). The van der Waals surface area contributed by atoms with Crippen molar-refractivity contribution < 1.29 is 17.9 Å². The minimum atomic E-state index is -3.21. The van der Waals surface area contributed by atoms with E-state index in [9.17, 15) is 13.2 Å². The monoisotopic (exact) mass is 306 g/mol. The standard InChI is InChI=1S/C16H18O4S/c1-21(18,19)13-7-5-12(6-8-13)14-11-15(17)16(20-14)9-3-2-4-10-16/h5-8,11H,2-4,9-10H2,1H3. The van der Waals surface area contributed by atoms with Crippen molar-refractivity contribution >= 4 is 21.4 Å². The topological polar surface area (TPSA) is 60.4 Å². The zero-order valence-electron chi connectivity index (χ0n) is 12.0. The second kappa shape index (κ2) is 4.98. The molecule has 21 heavy (non-hydrogen) atoms. The van der Waals surface area contributed by atoms with Gasteiger partial charge in [-0.3, -0.25) is 4.79 Å². The van der Waals surface area contributed by atoms with Crippen LogP contribution in [0, 0.1) is 0 Å². The zero-order valence-corrected chi connectivity index (χ0v) is 12.8. The number of sulfone groups is 1. The van der Waals surface area contributed by atoms with Crippen molar-refractivity contribution in [2.24, 2.45) is 0 Å². The third-order valence-electron chi connectivity index (χ3n) is 4.24. The number of benzene rings is 1. The summed E-state index contributed by atoms with van der Waals surface area (Å²) in [5, 5.41) is 0. The number of ketones is 1. The molecule has 0 atom stereocenters. The molecule has 1 spiro atoms. The molecule has 1 aliphatic carbocycles. The van der Waals surface area contributed by atoms with Crippen molar-refractivity contribution in [3.63, 3.8) is 0 Å². The SMILES string of the molecule is CS(=O)(=O)c1ccc(C2=CC(=O)C3(CCCCC3)O2)cc1. The molecule has 0 N–H and O–H groups in total. The molecule has 2 aliphatic rings. The van der Waals surface area contributed by atoms with Crippen LogP contribution in [0.2, 0.25) is 0 Å². The van der Waals surface area contributed by atoms with Crippen LogP contribution in [-0.2, 0) is 19.4 Å². The molecule has 4 nitrogen and oxygen atoms in total. The molecular formula is C16H18O4S. The molecular weight excluding hydrogens is 288 g/mol. The number of hydrogen-bond donors (Lipinski definition) is 0. The van der Waals surface area contributed by atoms with E-state index in [-0.39, 0.29) is 10.7 Å². The lowest BCUT2D eigenvalue weighted by atomic mass is 9.82. The Morgan fingerprint density at radius 1 is 1.05 bits per heavy atom. The Morgan fingerprint density at radius 2 is 1.67 bits per heavy atom. The van der Waals surface area contributed by atoms with E-state index >= 15 is 0 Å². The van der Waals surface area contributed by atoms with E-state index in [2.05, 4.69) is 0 Å². The van der Waals surface area contributed by atoms with E-state index in [1.165, 1.54) is 6.26 Å². The summed E-state index contributed by atoms with van der Waals surface area (Å²) in [7, 11) is -3.21. The van der Waals surface area contributed by atoms with Gasteiger partial charge in [-0.2, -0.15) is 0 Å². The Kier molecular flexibility index (Phi) is 3.40. The first-order valence-electron chi connectivity index (χ1n) is 7.16. The lowest BCUT2D eigenvalue weighted by Gasteiger charge is -2.32. The van der Waals surface area contributed by atoms with Gasteiger partial charge in [0.05, 0.1) is 4.90 Å². The van der Waals surface area contributed by atoms with Gasteiger partial charge in [0.2, 0.25) is 5.78 Å².